The zero-order chi connectivity index (χ0) is 20.5. The molecule has 2 aromatic carbocycles. The molecule has 28 heavy (non-hydrogen) atoms. The minimum absolute atomic E-state index is 0.00254. The molecule has 1 fully saturated rings. The molecule has 1 heterocycles. The zero-order valence-electron chi connectivity index (χ0n) is 17.2. The lowest BCUT2D eigenvalue weighted by molar-refractivity contribution is -0.148. The van der Waals surface area contributed by atoms with E-state index in [1.807, 2.05) is 55.5 Å². The van der Waals surface area contributed by atoms with E-state index >= 15 is 0 Å². The van der Waals surface area contributed by atoms with E-state index in [4.69, 9.17) is 0 Å². The fourth-order valence-electron chi connectivity index (χ4n) is 4.38. The van der Waals surface area contributed by atoms with Crippen LogP contribution < -0.4 is 0 Å². The van der Waals surface area contributed by atoms with Crippen molar-refractivity contribution in [1.82, 2.24) is 4.90 Å². The Balaban J connectivity index is 1.95. The van der Waals surface area contributed by atoms with Gasteiger partial charge in [-0.15, -0.1) is 0 Å². The highest BCUT2D eigenvalue weighted by Gasteiger charge is 2.50. The third kappa shape index (κ3) is 3.68. The maximum atomic E-state index is 13.3. The molecule has 0 aliphatic carbocycles. The summed E-state index contributed by atoms with van der Waals surface area (Å²) in [7, 11) is 0. The van der Waals surface area contributed by atoms with Crippen molar-refractivity contribution in [2.75, 3.05) is 6.54 Å². The van der Waals surface area contributed by atoms with Gasteiger partial charge < -0.3 is 10.0 Å². The van der Waals surface area contributed by atoms with E-state index in [0.29, 0.717) is 31.4 Å². The molecule has 1 unspecified atom stereocenters. The highest BCUT2D eigenvalue weighted by Crippen LogP contribution is 2.35. The van der Waals surface area contributed by atoms with Crippen LogP contribution in [0.2, 0.25) is 0 Å². The number of hydrogen-bond acceptors (Lipinski definition) is 2. The molecule has 0 saturated carbocycles. The number of aryl methyl sites for hydroxylation is 1. The van der Waals surface area contributed by atoms with Gasteiger partial charge >= 0.3 is 5.97 Å². The number of nitrogens with zero attached hydrogens (tertiary/aromatic N) is 1. The monoisotopic (exact) mass is 379 g/mol. The molecule has 0 radical (unpaired) electrons. The van der Waals surface area contributed by atoms with Crippen molar-refractivity contribution in [1.29, 1.82) is 0 Å². The lowest BCUT2D eigenvalue weighted by Gasteiger charge is -2.35. The van der Waals surface area contributed by atoms with Crippen molar-refractivity contribution in [3.63, 3.8) is 0 Å². The first kappa shape index (κ1) is 20.1. The van der Waals surface area contributed by atoms with Gasteiger partial charge in [0.15, 0.2) is 0 Å². The van der Waals surface area contributed by atoms with Gasteiger partial charge in [-0.1, -0.05) is 57.2 Å². The maximum Gasteiger partial charge on any atom is 0.329 e. The van der Waals surface area contributed by atoms with E-state index in [2.05, 4.69) is 20.8 Å². The van der Waals surface area contributed by atoms with Crippen LogP contribution in [0.4, 0.5) is 0 Å². The fraction of sp³-hybridized carbons (Fsp3) is 0.417. The minimum Gasteiger partial charge on any atom is -0.479 e. The van der Waals surface area contributed by atoms with Gasteiger partial charge in [0.05, 0.1) is 0 Å². The topological polar surface area (TPSA) is 57.6 Å². The summed E-state index contributed by atoms with van der Waals surface area (Å²) in [5.74, 6) is -1.12. The summed E-state index contributed by atoms with van der Waals surface area (Å²) in [5.41, 5.74) is 2.56. The molecular weight excluding hydrogens is 350 g/mol. The minimum atomic E-state index is -1.19. The molecule has 1 aliphatic rings. The molecule has 1 atom stereocenters. The Morgan fingerprint density at radius 1 is 1.11 bits per heavy atom. The number of carboxylic acid groups (broad SMARTS) is 1. The fourth-order valence-corrected chi connectivity index (χ4v) is 4.38. The first-order valence-corrected chi connectivity index (χ1v) is 9.85. The van der Waals surface area contributed by atoms with Crippen LogP contribution in [-0.2, 0) is 16.6 Å². The van der Waals surface area contributed by atoms with Crippen molar-refractivity contribution < 1.29 is 14.7 Å². The standard InChI is InChI=1S/C24H29NO3/c1-17-15-19(11-12-20(17)23(2,3)4)21(26)25-14-8-13-24(25,22(27)28)16-18-9-6-5-7-10-18/h5-7,9-12,15H,8,13-14,16H2,1-4H3,(H,27,28). The Bertz CT molecular complexity index is 882. The van der Waals surface area contributed by atoms with E-state index < -0.39 is 11.5 Å². The second-order valence-electron chi connectivity index (χ2n) is 8.84. The predicted molar refractivity (Wildman–Crippen MR) is 111 cm³/mol. The largest absolute Gasteiger partial charge is 0.479 e. The highest BCUT2D eigenvalue weighted by atomic mass is 16.4. The van der Waals surface area contributed by atoms with Crippen LogP contribution >= 0.6 is 0 Å². The second kappa shape index (κ2) is 7.42. The SMILES string of the molecule is Cc1cc(C(=O)N2CCCC2(Cc2ccccc2)C(=O)O)ccc1C(C)(C)C. The molecule has 2 aromatic rings. The Morgan fingerprint density at radius 3 is 2.36 bits per heavy atom. The van der Waals surface area contributed by atoms with Crippen molar-refractivity contribution in [2.24, 2.45) is 0 Å². The molecule has 148 valence electrons. The summed E-state index contributed by atoms with van der Waals surface area (Å²) < 4.78 is 0. The first-order valence-electron chi connectivity index (χ1n) is 9.85. The van der Waals surface area contributed by atoms with E-state index in [1.165, 1.54) is 5.56 Å². The van der Waals surface area contributed by atoms with Gasteiger partial charge in [0.2, 0.25) is 0 Å². The van der Waals surface area contributed by atoms with Gasteiger partial charge in [0.1, 0.15) is 5.54 Å². The summed E-state index contributed by atoms with van der Waals surface area (Å²) in [6.07, 6.45) is 1.50. The van der Waals surface area contributed by atoms with Crippen LogP contribution in [0.25, 0.3) is 0 Å². The van der Waals surface area contributed by atoms with E-state index in [0.717, 1.165) is 11.1 Å². The van der Waals surface area contributed by atoms with Crippen LogP contribution in [0.3, 0.4) is 0 Å². The van der Waals surface area contributed by atoms with E-state index in [9.17, 15) is 14.7 Å². The Kier molecular flexibility index (Phi) is 5.33. The van der Waals surface area contributed by atoms with E-state index in [1.54, 1.807) is 4.90 Å². The third-order valence-corrected chi connectivity index (χ3v) is 5.75. The molecule has 3 rings (SSSR count). The van der Waals surface area contributed by atoms with Gasteiger partial charge in [-0.3, -0.25) is 4.79 Å². The number of carbonyl (C=O) groups excluding carboxylic acids is 1. The lowest BCUT2D eigenvalue weighted by Crippen LogP contribution is -2.54. The van der Waals surface area contributed by atoms with Gasteiger partial charge in [-0.25, -0.2) is 4.79 Å². The number of hydrogen-bond donors (Lipinski definition) is 1. The molecule has 1 aliphatic heterocycles. The highest BCUT2D eigenvalue weighted by molar-refractivity contribution is 5.98. The molecule has 0 bridgehead atoms. The zero-order valence-corrected chi connectivity index (χ0v) is 17.2. The average molecular weight is 380 g/mol. The number of aliphatic carboxylic acids is 1. The second-order valence-corrected chi connectivity index (χ2v) is 8.84. The van der Waals surface area contributed by atoms with Gasteiger partial charge in [0.25, 0.3) is 5.91 Å². The third-order valence-electron chi connectivity index (χ3n) is 5.75. The van der Waals surface area contributed by atoms with Gasteiger partial charge in [-0.2, -0.15) is 0 Å². The van der Waals surface area contributed by atoms with Crippen LogP contribution in [0.5, 0.6) is 0 Å². The molecule has 1 saturated heterocycles. The molecular formula is C24H29NO3. The van der Waals surface area contributed by atoms with Crippen LogP contribution in [0.1, 0.15) is 60.7 Å². The van der Waals surface area contributed by atoms with Crippen LogP contribution in [0, 0.1) is 6.92 Å². The average Bonchev–Trinajstić information content (AvgIpc) is 3.05. The summed E-state index contributed by atoms with van der Waals surface area (Å²) in [6.45, 7) is 8.92. The van der Waals surface area contributed by atoms with Gasteiger partial charge in [0, 0.05) is 18.5 Å². The number of amides is 1. The number of benzene rings is 2. The van der Waals surface area contributed by atoms with Crippen molar-refractivity contribution >= 4 is 11.9 Å². The predicted octanol–water partition coefficient (Wildman–Crippen LogP) is 4.59. The lowest BCUT2D eigenvalue weighted by atomic mass is 9.83. The normalized spacial score (nSPS) is 19.6. The smallest absolute Gasteiger partial charge is 0.329 e. The summed E-state index contributed by atoms with van der Waals surface area (Å²) in [6, 6.07) is 15.3. The Morgan fingerprint density at radius 2 is 1.79 bits per heavy atom. The molecule has 4 nitrogen and oxygen atoms in total. The molecule has 0 spiro atoms. The maximum absolute atomic E-state index is 13.3. The molecule has 1 N–H and O–H groups in total. The summed E-state index contributed by atoms with van der Waals surface area (Å²) in [4.78, 5) is 27.2. The Labute approximate surface area is 167 Å². The number of rotatable bonds is 4. The van der Waals surface area contributed by atoms with Crippen LogP contribution in [0.15, 0.2) is 48.5 Å². The number of likely N-dealkylation sites (tertiary alicyclic amines) is 1. The first-order chi connectivity index (χ1) is 13.1. The van der Waals surface area contributed by atoms with Crippen molar-refractivity contribution in [3.8, 4) is 0 Å². The molecule has 0 aromatic heterocycles. The summed E-state index contributed by atoms with van der Waals surface area (Å²) in [5, 5.41) is 10.1. The van der Waals surface area contributed by atoms with Crippen LogP contribution in [-0.4, -0.2) is 34.0 Å². The Hall–Kier alpha value is -2.62. The molecule has 1 amide bonds. The summed E-state index contributed by atoms with van der Waals surface area (Å²) >= 11 is 0. The quantitative estimate of drug-likeness (QED) is 0.845. The van der Waals surface area contributed by atoms with Gasteiger partial charge in [-0.05, 0) is 54.0 Å². The number of carboxylic acids is 1. The van der Waals surface area contributed by atoms with Crippen molar-refractivity contribution in [3.05, 3.63) is 70.8 Å². The molecule has 4 heteroatoms. The van der Waals surface area contributed by atoms with E-state index in [-0.39, 0.29) is 11.3 Å². The van der Waals surface area contributed by atoms with Crippen molar-refractivity contribution in [2.45, 2.75) is 57.9 Å². The number of carbonyl (C=O) groups is 2.